The van der Waals surface area contributed by atoms with E-state index in [2.05, 4.69) is 18.1 Å². The molecule has 1 saturated carbocycles. The van der Waals surface area contributed by atoms with Crippen molar-refractivity contribution in [1.82, 2.24) is 0 Å². The van der Waals surface area contributed by atoms with Crippen molar-refractivity contribution in [3.8, 4) is 12.3 Å². The molecule has 0 spiro atoms. The second-order valence-corrected chi connectivity index (χ2v) is 7.56. The molecule has 0 aliphatic heterocycles. The van der Waals surface area contributed by atoms with Crippen molar-refractivity contribution in [2.45, 2.75) is 44.9 Å². The van der Waals surface area contributed by atoms with Crippen LogP contribution in [0.1, 0.15) is 44.9 Å². The average molecular weight is 308 g/mol. The summed E-state index contributed by atoms with van der Waals surface area (Å²) in [4.78, 5) is 11.7. The maximum atomic E-state index is 11.7. The minimum Gasteiger partial charge on any atom is -0.395 e. The molecule has 23 heavy (non-hydrogen) atoms. The van der Waals surface area contributed by atoms with Crippen molar-refractivity contribution in [3.05, 3.63) is 34.9 Å². The number of fused-ring (bicyclic) bond motifs is 4. The molecule has 0 radical (unpaired) electrons. The maximum Gasteiger partial charge on any atom is 0.156 e. The van der Waals surface area contributed by atoms with Crippen molar-refractivity contribution >= 4 is 5.78 Å². The van der Waals surface area contributed by atoms with E-state index in [1.54, 1.807) is 0 Å². The summed E-state index contributed by atoms with van der Waals surface area (Å²) < 4.78 is 0. The van der Waals surface area contributed by atoms with Gasteiger partial charge in [-0.05, 0) is 66.7 Å². The van der Waals surface area contributed by atoms with Crippen LogP contribution in [0, 0.1) is 35.5 Å². The van der Waals surface area contributed by atoms with Crippen LogP contribution in [0.5, 0.6) is 0 Å². The van der Waals surface area contributed by atoms with E-state index >= 15 is 0 Å². The zero-order chi connectivity index (χ0) is 16.0. The van der Waals surface area contributed by atoms with E-state index in [0.717, 1.165) is 25.7 Å². The van der Waals surface area contributed by atoms with Crippen LogP contribution in [0.4, 0.5) is 0 Å². The normalized spacial score (nSPS) is 36.7. The smallest absolute Gasteiger partial charge is 0.156 e. The second-order valence-electron chi connectivity index (χ2n) is 7.56. The van der Waals surface area contributed by atoms with Crippen LogP contribution in [0.2, 0.25) is 0 Å². The predicted molar refractivity (Wildman–Crippen MR) is 90.4 cm³/mol. The Balaban J connectivity index is 1.80. The molecule has 0 saturated heterocycles. The van der Waals surface area contributed by atoms with Gasteiger partial charge in [0.1, 0.15) is 0 Å². The third kappa shape index (κ3) is 2.10. The molecule has 1 N–H and O–H groups in total. The minimum atomic E-state index is -0.0670. The van der Waals surface area contributed by atoms with E-state index in [4.69, 9.17) is 6.42 Å². The fraction of sp³-hybridized carbons (Fsp3) is 0.571. The Labute approximate surface area is 138 Å². The molecule has 0 aromatic rings. The number of rotatable bonds is 2. The van der Waals surface area contributed by atoms with Crippen molar-refractivity contribution < 1.29 is 9.90 Å². The SMILES string of the molecule is C#CC(CO)C12C=CC3=C4CCC(=O)C=C4CC[C@H]3[C@@H]1CCC2. The predicted octanol–water partition coefficient (Wildman–Crippen LogP) is 3.58. The summed E-state index contributed by atoms with van der Waals surface area (Å²) in [6.07, 6.45) is 19.5. The number of aliphatic hydroxyl groups is 1. The zero-order valence-corrected chi connectivity index (χ0v) is 13.6. The summed E-state index contributed by atoms with van der Waals surface area (Å²) in [5, 5.41) is 9.80. The molecule has 1 fully saturated rings. The van der Waals surface area contributed by atoms with Crippen molar-refractivity contribution in [3.63, 3.8) is 0 Å². The van der Waals surface area contributed by atoms with Crippen molar-refractivity contribution in [1.29, 1.82) is 0 Å². The first-order valence-electron chi connectivity index (χ1n) is 8.92. The largest absolute Gasteiger partial charge is 0.395 e. The highest BCUT2D eigenvalue weighted by Crippen LogP contribution is 2.60. The highest BCUT2D eigenvalue weighted by atomic mass is 16.3. The first-order valence-corrected chi connectivity index (χ1v) is 8.92. The third-order valence-electron chi connectivity index (χ3n) is 6.72. The lowest BCUT2D eigenvalue weighted by Gasteiger charge is -2.47. The number of ketones is 1. The van der Waals surface area contributed by atoms with Crippen molar-refractivity contribution in [2.75, 3.05) is 6.61 Å². The van der Waals surface area contributed by atoms with Gasteiger partial charge in [-0.15, -0.1) is 12.3 Å². The van der Waals surface area contributed by atoms with E-state index in [1.165, 1.54) is 29.6 Å². The van der Waals surface area contributed by atoms with Crippen LogP contribution in [0.3, 0.4) is 0 Å². The van der Waals surface area contributed by atoms with E-state index in [0.29, 0.717) is 18.3 Å². The van der Waals surface area contributed by atoms with Gasteiger partial charge in [0.2, 0.25) is 0 Å². The molecule has 0 bridgehead atoms. The molecule has 120 valence electrons. The first-order chi connectivity index (χ1) is 11.2. The number of carbonyl (C=O) groups is 1. The molecule has 2 heteroatoms. The van der Waals surface area contributed by atoms with E-state index in [-0.39, 0.29) is 23.7 Å². The van der Waals surface area contributed by atoms with Gasteiger partial charge in [-0.25, -0.2) is 0 Å². The van der Waals surface area contributed by atoms with E-state index < -0.39 is 0 Å². The van der Waals surface area contributed by atoms with Crippen molar-refractivity contribution in [2.24, 2.45) is 23.2 Å². The minimum absolute atomic E-state index is 0.00999. The van der Waals surface area contributed by atoms with Gasteiger partial charge in [-0.2, -0.15) is 0 Å². The number of carbonyl (C=O) groups excluding carboxylic acids is 1. The molecule has 0 amide bonds. The summed E-state index contributed by atoms with van der Waals surface area (Å²) >= 11 is 0. The standard InChI is InChI=1S/C21H24O2/c1-2-15(13-22)21-10-3-4-20(21)19-7-5-14-12-16(23)6-8-17(14)18(19)9-11-21/h1,9,11-12,15,19-20,22H,3-8,10,13H2/t15?,19-,20+,21?/m1/s1. The number of hydrogen-bond donors (Lipinski definition) is 1. The Kier molecular flexibility index (Phi) is 3.58. The van der Waals surface area contributed by atoms with Gasteiger partial charge in [0.15, 0.2) is 5.78 Å². The van der Waals surface area contributed by atoms with Crippen LogP contribution < -0.4 is 0 Å². The van der Waals surface area contributed by atoms with Gasteiger partial charge < -0.3 is 5.11 Å². The van der Waals surface area contributed by atoms with E-state index in [9.17, 15) is 9.90 Å². The van der Waals surface area contributed by atoms with Crippen LogP contribution in [0.15, 0.2) is 34.9 Å². The Morgan fingerprint density at radius 3 is 3.00 bits per heavy atom. The third-order valence-corrected chi connectivity index (χ3v) is 6.72. The van der Waals surface area contributed by atoms with Gasteiger partial charge in [0, 0.05) is 11.8 Å². The average Bonchev–Trinajstić information content (AvgIpc) is 3.00. The maximum absolute atomic E-state index is 11.7. The molecule has 4 aliphatic carbocycles. The summed E-state index contributed by atoms with van der Waals surface area (Å²) in [5.41, 5.74) is 4.16. The Hall–Kier alpha value is -1.59. The Morgan fingerprint density at radius 1 is 1.35 bits per heavy atom. The highest BCUT2D eigenvalue weighted by molar-refractivity contribution is 5.93. The lowest BCUT2D eigenvalue weighted by molar-refractivity contribution is -0.114. The molecule has 0 heterocycles. The summed E-state index contributed by atoms with van der Waals surface area (Å²) in [7, 11) is 0. The van der Waals surface area contributed by atoms with Gasteiger partial charge in [0.25, 0.3) is 0 Å². The molecule has 4 aliphatic rings. The Bertz CT molecular complexity index is 672. The summed E-state index contributed by atoms with van der Waals surface area (Å²) in [5.74, 6) is 4.20. The number of terminal acetylenes is 1. The van der Waals surface area contributed by atoms with Gasteiger partial charge in [-0.1, -0.05) is 18.6 Å². The second kappa shape index (κ2) is 5.49. The monoisotopic (exact) mass is 308 g/mol. The number of aliphatic hydroxyl groups excluding tert-OH is 1. The lowest BCUT2D eigenvalue weighted by Crippen LogP contribution is -2.41. The zero-order valence-electron chi connectivity index (χ0n) is 13.6. The van der Waals surface area contributed by atoms with E-state index in [1.807, 2.05) is 6.08 Å². The fourth-order valence-corrected chi connectivity index (χ4v) is 5.68. The van der Waals surface area contributed by atoms with Crippen LogP contribution >= 0.6 is 0 Å². The lowest BCUT2D eigenvalue weighted by atomic mass is 9.57. The molecule has 2 nitrogen and oxygen atoms in total. The molecule has 0 aromatic carbocycles. The fourth-order valence-electron chi connectivity index (χ4n) is 5.68. The van der Waals surface area contributed by atoms with Crippen LogP contribution in [-0.2, 0) is 4.79 Å². The quantitative estimate of drug-likeness (QED) is 0.792. The molecule has 4 atom stereocenters. The van der Waals surface area contributed by atoms with Gasteiger partial charge in [-0.3, -0.25) is 4.79 Å². The molecular formula is C21H24O2. The molecule has 4 rings (SSSR count). The van der Waals surface area contributed by atoms with Gasteiger partial charge in [0.05, 0.1) is 12.5 Å². The first kappa shape index (κ1) is 15.0. The number of allylic oxidation sites excluding steroid dienone is 6. The number of hydrogen-bond acceptors (Lipinski definition) is 2. The molecule has 0 aromatic heterocycles. The topological polar surface area (TPSA) is 37.3 Å². The van der Waals surface area contributed by atoms with Crippen LogP contribution in [0.25, 0.3) is 0 Å². The molecule has 2 unspecified atom stereocenters. The summed E-state index contributed by atoms with van der Waals surface area (Å²) in [6, 6.07) is 0. The van der Waals surface area contributed by atoms with Gasteiger partial charge >= 0.3 is 0 Å². The molecular weight excluding hydrogens is 284 g/mol. The summed E-state index contributed by atoms with van der Waals surface area (Å²) in [6.45, 7) is 0.0790. The van der Waals surface area contributed by atoms with Crippen LogP contribution in [-0.4, -0.2) is 17.5 Å². The Morgan fingerprint density at radius 2 is 2.22 bits per heavy atom. The highest BCUT2D eigenvalue weighted by Gasteiger charge is 2.52.